The number of benzene rings is 2. The number of nitrogens with two attached hydrogens (primary N) is 1. The van der Waals surface area contributed by atoms with Crippen LogP contribution in [0.15, 0.2) is 53.0 Å². The highest BCUT2D eigenvalue weighted by atomic mass is 79.9. The van der Waals surface area contributed by atoms with Gasteiger partial charge in [-0.15, -0.1) is 0 Å². The molecule has 0 amide bonds. The van der Waals surface area contributed by atoms with Crippen molar-refractivity contribution < 1.29 is 0 Å². The number of aromatic nitrogens is 1. The van der Waals surface area contributed by atoms with Crippen LogP contribution in [0.2, 0.25) is 0 Å². The summed E-state index contributed by atoms with van der Waals surface area (Å²) in [6.45, 7) is 4.09. The number of halogens is 1. The summed E-state index contributed by atoms with van der Waals surface area (Å²) in [5.74, 6) is 0. The lowest BCUT2D eigenvalue weighted by molar-refractivity contribution is 0.862. The van der Waals surface area contributed by atoms with Gasteiger partial charge in [-0.05, 0) is 60.9 Å². The van der Waals surface area contributed by atoms with E-state index in [1.54, 1.807) is 0 Å². The summed E-state index contributed by atoms with van der Waals surface area (Å²) in [6, 6.07) is 16.5. The van der Waals surface area contributed by atoms with Crippen molar-refractivity contribution in [3.63, 3.8) is 0 Å². The Balaban J connectivity index is 2.07. The van der Waals surface area contributed by atoms with Gasteiger partial charge in [0.05, 0.1) is 11.6 Å². The van der Waals surface area contributed by atoms with Gasteiger partial charge < -0.3 is 5.73 Å². The Hall–Kier alpha value is -1.71. The normalized spacial score (nSPS) is 12.6. The molecule has 1 atom stereocenters. The van der Waals surface area contributed by atoms with E-state index in [9.17, 15) is 0 Å². The molecule has 0 radical (unpaired) electrons. The lowest BCUT2D eigenvalue weighted by Gasteiger charge is -2.16. The Labute approximate surface area is 133 Å². The number of pyridine rings is 1. The number of rotatable bonds is 2. The van der Waals surface area contributed by atoms with Gasteiger partial charge in [0.25, 0.3) is 0 Å². The van der Waals surface area contributed by atoms with E-state index in [0.29, 0.717) is 0 Å². The summed E-state index contributed by atoms with van der Waals surface area (Å²) >= 11 is 3.52. The topological polar surface area (TPSA) is 38.9 Å². The second-order valence-corrected chi connectivity index (χ2v) is 6.30. The molecule has 2 N–H and O–H groups in total. The zero-order chi connectivity index (χ0) is 15.0. The molecule has 3 rings (SSSR count). The molecule has 3 aromatic rings. The minimum atomic E-state index is -0.131. The third-order valence-corrected chi connectivity index (χ3v) is 4.28. The Morgan fingerprint density at radius 3 is 2.62 bits per heavy atom. The highest BCUT2D eigenvalue weighted by molar-refractivity contribution is 9.10. The van der Waals surface area contributed by atoms with E-state index in [2.05, 4.69) is 58.2 Å². The first kappa shape index (κ1) is 14.2. The van der Waals surface area contributed by atoms with Crippen molar-refractivity contribution in [3.8, 4) is 0 Å². The predicted octanol–water partition coefficient (Wildman–Crippen LogP) is 4.66. The second kappa shape index (κ2) is 5.58. The molecule has 0 fully saturated rings. The Morgan fingerprint density at radius 1 is 1.00 bits per heavy atom. The zero-order valence-electron chi connectivity index (χ0n) is 12.1. The van der Waals surface area contributed by atoms with Gasteiger partial charge >= 0.3 is 0 Å². The third-order valence-electron chi connectivity index (χ3n) is 3.79. The summed E-state index contributed by atoms with van der Waals surface area (Å²) in [5, 5.41) is 1.13. The SMILES string of the molecule is Cc1ccc2cc(C(N)c3cc(Br)ccc3C)ccc2n1. The van der Waals surface area contributed by atoms with Gasteiger partial charge in [0.15, 0.2) is 0 Å². The van der Waals surface area contributed by atoms with Crippen LogP contribution < -0.4 is 5.73 Å². The maximum Gasteiger partial charge on any atom is 0.0705 e. The van der Waals surface area contributed by atoms with Gasteiger partial charge in [0.2, 0.25) is 0 Å². The third kappa shape index (κ3) is 2.85. The first-order valence-electron chi connectivity index (χ1n) is 6.93. The molecule has 3 heteroatoms. The van der Waals surface area contributed by atoms with Crippen molar-refractivity contribution in [1.82, 2.24) is 4.98 Å². The molecule has 1 aromatic heterocycles. The molecule has 21 heavy (non-hydrogen) atoms. The smallest absolute Gasteiger partial charge is 0.0705 e. The van der Waals surface area contributed by atoms with Crippen LogP contribution in [0.3, 0.4) is 0 Å². The average Bonchev–Trinajstić information content (AvgIpc) is 2.48. The predicted molar refractivity (Wildman–Crippen MR) is 91.4 cm³/mol. The Morgan fingerprint density at radius 2 is 1.81 bits per heavy atom. The molecule has 0 aliphatic heterocycles. The molecule has 1 unspecified atom stereocenters. The van der Waals surface area contributed by atoms with E-state index in [0.717, 1.165) is 32.2 Å². The van der Waals surface area contributed by atoms with Crippen LogP contribution in [-0.2, 0) is 0 Å². The van der Waals surface area contributed by atoms with E-state index in [-0.39, 0.29) is 6.04 Å². The summed E-state index contributed by atoms with van der Waals surface area (Å²) in [6.07, 6.45) is 0. The summed E-state index contributed by atoms with van der Waals surface area (Å²) < 4.78 is 1.05. The molecular formula is C18H17BrN2. The molecule has 0 aliphatic carbocycles. The monoisotopic (exact) mass is 340 g/mol. The largest absolute Gasteiger partial charge is 0.320 e. The minimum Gasteiger partial charge on any atom is -0.320 e. The van der Waals surface area contributed by atoms with Gasteiger partial charge in [-0.25, -0.2) is 0 Å². The number of hydrogen-bond acceptors (Lipinski definition) is 2. The van der Waals surface area contributed by atoms with Crippen molar-refractivity contribution in [2.45, 2.75) is 19.9 Å². The van der Waals surface area contributed by atoms with Crippen molar-refractivity contribution in [2.75, 3.05) is 0 Å². The maximum absolute atomic E-state index is 6.47. The standard InChI is InChI=1S/C18H17BrN2/c1-11-3-7-15(19)10-16(11)18(20)14-6-8-17-13(9-14)5-4-12(2)21-17/h3-10,18H,20H2,1-2H3. The van der Waals surface area contributed by atoms with E-state index >= 15 is 0 Å². The van der Waals surface area contributed by atoms with Gasteiger partial charge in [-0.3, -0.25) is 4.98 Å². The first-order chi connectivity index (χ1) is 10.0. The van der Waals surface area contributed by atoms with Gasteiger partial charge in [0.1, 0.15) is 0 Å². The molecule has 0 bridgehead atoms. The number of nitrogens with zero attached hydrogens (tertiary/aromatic N) is 1. The van der Waals surface area contributed by atoms with Crippen molar-refractivity contribution in [3.05, 3.63) is 75.4 Å². The van der Waals surface area contributed by atoms with Crippen LogP contribution >= 0.6 is 15.9 Å². The van der Waals surface area contributed by atoms with Gasteiger partial charge in [-0.2, -0.15) is 0 Å². The van der Waals surface area contributed by atoms with Crippen LogP contribution in [0.25, 0.3) is 10.9 Å². The van der Waals surface area contributed by atoms with E-state index in [1.165, 1.54) is 5.56 Å². The molecule has 0 saturated heterocycles. The average molecular weight is 341 g/mol. The number of hydrogen-bond donors (Lipinski definition) is 1. The fourth-order valence-corrected chi connectivity index (χ4v) is 2.94. The van der Waals surface area contributed by atoms with E-state index in [1.807, 2.05) is 25.1 Å². The van der Waals surface area contributed by atoms with Gasteiger partial charge in [0, 0.05) is 15.6 Å². The summed E-state index contributed by atoms with van der Waals surface area (Å²) in [4.78, 5) is 4.53. The van der Waals surface area contributed by atoms with Crippen molar-refractivity contribution in [1.29, 1.82) is 0 Å². The van der Waals surface area contributed by atoms with Crippen LogP contribution in [0.1, 0.15) is 28.4 Å². The van der Waals surface area contributed by atoms with E-state index < -0.39 is 0 Å². The van der Waals surface area contributed by atoms with Crippen molar-refractivity contribution >= 4 is 26.8 Å². The fourth-order valence-electron chi connectivity index (χ4n) is 2.57. The molecule has 2 nitrogen and oxygen atoms in total. The minimum absolute atomic E-state index is 0.131. The Kier molecular flexibility index (Phi) is 3.79. The first-order valence-corrected chi connectivity index (χ1v) is 7.73. The molecule has 0 spiro atoms. The number of aryl methyl sites for hydroxylation is 2. The Bertz CT molecular complexity index is 811. The van der Waals surface area contributed by atoms with E-state index in [4.69, 9.17) is 5.73 Å². The number of fused-ring (bicyclic) bond motifs is 1. The molecule has 2 aromatic carbocycles. The quantitative estimate of drug-likeness (QED) is 0.736. The lowest BCUT2D eigenvalue weighted by atomic mass is 9.95. The van der Waals surface area contributed by atoms with Crippen LogP contribution in [0, 0.1) is 13.8 Å². The van der Waals surface area contributed by atoms with Crippen LogP contribution in [0.4, 0.5) is 0 Å². The second-order valence-electron chi connectivity index (χ2n) is 5.38. The van der Waals surface area contributed by atoms with Crippen molar-refractivity contribution in [2.24, 2.45) is 5.73 Å². The zero-order valence-corrected chi connectivity index (χ0v) is 13.7. The molecular weight excluding hydrogens is 324 g/mol. The highest BCUT2D eigenvalue weighted by Gasteiger charge is 2.12. The summed E-state index contributed by atoms with van der Waals surface area (Å²) in [7, 11) is 0. The molecule has 0 saturated carbocycles. The summed E-state index contributed by atoms with van der Waals surface area (Å²) in [5.41, 5.74) is 12.0. The van der Waals surface area contributed by atoms with Gasteiger partial charge in [-0.1, -0.05) is 34.1 Å². The highest BCUT2D eigenvalue weighted by Crippen LogP contribution is 2.27. The molecule has 0 aliphatic rings. The lowest BCUT2D eigenvalue weighted by Crippen LogP contribution is -2.13. The maximum atomic E-state index is 6.47. The molecule has 106 valence electrons. The fraction of sp³-hybridized carbons (Fsp3) is 0.167. The van der Waals surface area contributed by atoms with Crippen LogP contribution in [0.5, 0.6) is 0 Å². The molecule has 1 heterocycles. The van der Waals surface area contributed by atoms with Crippen LogP contribution in [-0.4, -0.2) is 4.98 Å².